The SMILES string of the molecule is Cc1sc(NC(=O)CSCC(=O)N2CCCc3ccccc32)nc1-c1ccccc1. The molecule has 1 N–H and O–H groups in total. The van der Waals surface area contributed by atoms with Crippen LogP contribution < -0.4 is 10.2 Å². The minimum absolute atomic E-state index is 0.0522. The maximum atomic E-state index is 12.7. The first-order valence-corrected chi connectivity index (χ1v) is 11.9. The van der Waals surface area contributed by atoms with Crippen molar-refractivity contribution in [2.75, 3.05) is 28.3 Å². The van der Waals surface area contributed by atoms with E-state index in [0.717, 1.165) is 41.2 Å². The Bertz CT molecular complexity index is 1050. The number of thioether (sulfide) groups is 1. The second-order valence-electron chi connectivity index (χ2n) is 7.11. The molecule has 1 aliphatic heterocycles. The summed E-state index contributed by atoms with van der Waals surface area (Å²) < 4.78 is 0. The Morgan fingerprint density at radius 1 is 1.10 bits per heavy atom. The van der Waals surface area contributed by atoms with Crippen LogP contribution in [0.25, 0.3) is 11.3 Å². The second kappa shape index (κ2) is 9.45. The van der Waals surface area contributed by atoms with Crippen molar-refractivity contribution >= 4 is 45.7 Å². The van der Waals surface area contributed by atoms with Gasteiger partial charge in [0.25, 0.3) is 0 Å². The van der Waals surface area contributed by atoms with Gasteiger partial charge in [0.05, 0.1) is 17.2 Å². The fourth-order valence-electron chi connectivity index (χ4n) is 3.57. The van der Waals surface area contributed by atoms with Crippen LogP contribution in [-0.2, 0) is 16.0 Å². The molecule has 5 nitrogen and oxygen atoms in total. The number of para-hydroxylation sites is 1. The summed E-state index contributed by atoms with van der Waals surface area (Å²) in [4.78, 5) is 32.5. The molecule has 1 aliphatic rings. The number of aryl methyl sites for hydroxylation is 2. The molecule has 2 amide bonds. The first kappa shape index (κ1) is 20.6. The molecule has 2 aromatic carbocycles. The van der Waals surface area contributed by atoms with Crippen LogP contribution in [0, 0.1) is 6.92 Å². The molecule has 0 unspecified atom stereocenters. The van der Waals surface area contributed by atoms with Gasteiger partial charge in [-0.05, 0) is 31.4 Å². The number of nitrogens with one attached hydrogen (secondary N) is 1. The van der Waals surface area contributed by atoms with Gasteiger partial charge in [-0.3, -0.25) is 9.59 Å². The third-order valence-corrected chi connectivity index (χ3v) is 6.76. The molecule has 0 aliphatic carbocycles. The first-order valence-electron chi connectivity index (χ1n) is 9.90. The molecule has 4 rings (SSSR count). The summed E-state index contributed by atoms with van der Waals surface area (Å²) in [6, 6.07) is 18.0. The van der Waals surface area contributed by atoms with Crippen LogP contribution in [0.15, 0.2) is 54.6 Å². The average molecular weight is 438 g/mol. The topological polar surface area (TPSA) is 62.3 Å². The molecule has 0 spiro atoms. The van der Waals surface area contributed by atoms with Crippen molar-refractivity contribution in [3.63, 3.8) is 0 Å². The van der Waals surface area contributed by atoms with E-state index in [1.165, 1.54) is 28.7 Å². The molecule has 3 aromatic rings. The number of rotatable bonds is 6. The zero-order chi connectivity index (χ0) is 20.9. The van der Waals surface area contributed by atoms with Crippen molar-refractivity contribution in [1.29, 1.82) is 0 Å². The highest BCUT2D eigenvalue weighted by Crippen LogP contribution is 2.30. The quantitative estimate of drug-likeness (QED) is 0.603. The average Bonchev–Trinajstić information content (AvgIpc) is 3.13. The monoisotopic (exact) mass is 437 g/mol. The van der Waals surface area contributed by atoms with Crippen molar-refractivity contribution < 1.29 is 9.59 Å². The predicted octanol–water partition coefficient (Wildman–Crippen LogP) is 4.77. The Balaban J connectivity index is 1.29. The smallest absolute Gasteiger partial charge is 0.236 e. The van der Waals surface area contributed by atoms with Gasteiger partial charge in [-0.25, -0.2) is 4.98 Å². The van der Waals surface area contributed by atoms with E-state index < -0.39 is 0 Å². The summed E-state index contributed by atoms with van der Waals surface area (Å²) >= 11 is 2.80. The summed E-state index contributed by atoms with van der Waals surface area (Å²) in [5.41, 5.74) is 4.15. The molecular formula is C23H23N3O2S2. The molecule has 0 radical (unpaired) electrons. The highest BCUT2D eigenvalue weighted by Gasteiger charge is 2.22. The zero-order valence-electron chi connectivity index (χ0n) is 16.8. The van der Waals surface area contributed by atoms with Crippen LogP contribution in [0.5, 0.6) is 0 Å². The maximum absolute atomic E-state index is 12.7. The lowest BCUT2D eigenvalue weighted by Gasteiger charge is -2.29. The lowest BCUT2D eigenvalue weighted by atomic mass is 10.0. The molecular weight excluding hydrogens is 414 g/mol. The molecule has 7 heteroatoms. The number of anilines is 2. The Hall–Kier alpha value is -2.64. The van der Waals surface area contributed by atoms with Gasteiger partial charge in [0, 0.05) is 22.7 Å². The highest BCUT2D eigenvalue weighted by molar-refractivity contribution is 8.00. The Morgan fingerprint density at radius 3 is 2.70 bits per heavy atom. The molecule has 0 atom stereocenters. The summed E-state index contributed by atoms with van der Waals surface area (Å²) in [6.07, 6.45) is 1.98. The van der Waals surface area contributed by atoms with E-state index in [-0.39, 0.29) is 23.3 Å². The fraction of sp³-hybridized carbons (Fsp3) is 0.261. The van der Waals surface area contributed by atoms with E-state index in [1.807, 2.05) is 60.4 Å². The van der Waals surface area contributed by atoms with Crippen molar-refractivity contribution in [3.05, 3.63) is 65.0 Å². The number of amides is 2. The van der Waals surface area contributed by atoms with E-state index >= 15 is 0 Å². The van der Waals surface area contributed by atoms with Crippen molar-refractivity contribution in [2.24, 2.45) is 0 Å². The van der Waals surface area contributed by atoms with Gasteiger partial charge in [0.1, 0.15) is 0 Å². The fourth-order valence-corrected chi connectivity index (χ4v) is 5.11. The van der Waals surface area contributed by atoms with E-state index in [2.05, 4.69) is 16.4 Å². The number of carbonyl (C=O) groups is 2. The third kappa shape index (κ3) is 4.74. The number of hydrogen-bond acceptors (Lipinski definition) is 5. The summed E-state index contributed by atoms with van der Waals surface area (Å²) in [7, 11) is 0. The van der Waals surface area contributed by atoms with E-state index in [0.29, 0.717) is 5.13 Å². The summed E-state index contributed by atoms with van der Waals surface area (Å²) in [5.74, 6) is 0.422. The number of nitrogens with zero attached hydrogens (tertiary/aromatic N) is 2. The van der Waals surface area contributed by atoms with E-state index in [1.54, 1.807) is 0 Å². The molecule has 0 bridgehead atoms. The molecule has 0 saturated heterocycles. The minimum atomic E-state index is -0.139. The van der Waals surface area contributed by atoms with Crippen LogP contribution in [0.3, 0.4) is 0 Å². The molecule has 0 fully saturated rings. The Kier molecular flexibility index (Phi) is 6.50. The molecule has 1 aromatic heterocycles. The number of carbonyl (C=O) groups excluding carboxylic acids is 2. The second-order valence-corrected chi connectivity index (χ2v) is 9.30. The minimum Gasteiger partial charge on any atom is -0.311 e. The molecule has 2 heterocycles. The predicted molar refractivity (Wildman–Crippen MR) is 125 cm³/mol. The zero-order valence-corrected chi connectivity index (χ0v) is 18.4. The molecule has 30 heavy (non-hydrogen) atoms. The largest absolute Gasteiger partial charge is 0.311 e. The van der Waals surface area contributed by atoms with Gasteiger partial charge in [-0.1, -0.05) is 48.5 Å². The highest BCUT2D eigenvalue weighted by atomic mass is 32.2. The lowest BCUT2D eigenvalue weighted by Crippen LogP contribution is -2.36. The van der Waals surface area contributed by atoms with Crippen LogP contribution >= 0.6 is 23.1 Å². The molecule has 154 valence electrons. The van der Waals surface area contributed by atoms with Crippen molar-refractivity contribution in [2.45, 2.75) is 19.8 Å². The van der Waals surface area contributed by atoms with Crippen LogP contribution in [0.4, 0.5) is 10.8 Å². The standard InChI is InChI=1S/C23H23N3O2S2/c1-16-22(18-9-3-2-4-10-18)25-23(30-16)24-20(27)14-29-15-21(28)26-13-7-11-17-8-5-6-12-19(17)26/h2-6,8-10,12H,7,11,13-15H2,1H3,(H,24,25,27). The maximum Gasteiger partial charge on any atom is 0.236 e. The van der Waals surface area contributed by atoms with Crippen LogP contribution in [0.1, 0.15) is 16.9 Å². The number of fused-ring (bicyclic) bond motifs is 1. The molecule has 0 saturated carbocycles. The van der Waals surface area contributed by atoms with Crippen LogP contribution in [0.2, 0.25) is 0 Å². The Labute approximate surface area is 184 Å². The van der Waals surface area contributed by atoms with Crippen molar-refractivity contribution in [1.82, 2.24) is 4.98 Å². The van der Waals surface area contributed by atoms with E-state index in [4.69, 9.17) is 0 Å². The van der Waals surface area contributed by atoms with Gasteiger partial charge >= 0.3 is 0 Å². The number of benzene rings is 2. The van der Waals surface area contributed by atoms with Gasteiger partial charge in [0.2, 0.25) is 11.8 Å². The summed E-state index contributed by atoms with van der Waals surface area (Å²) in [6.45, 7) is 2.74. The normalized spacial score (nSPS) is 13.0. The van der Waals surface area contributed by atoms with E-state index in [9.17, 15) is 9.59 Å². The first-order chi connectivity index (χ1) is 14.6. The van der Waals surface area contributed by atoms with Gasteiger partial charge < -0.3 is 10.2 Å². The number of hydrogen-bond donors (Lipinski definition) is 1. The number of thiazole rings is 1. The Morgan fingerprint density at radius 2 is 1.87 bits per heavy atom. The van der Waals surface area contributed by atoms with Gasteiger partial charge in [-0.15, -0.1) is 23.1 Å². The third-order valence-electron chi connectivity index (χ3n) is 4.96. The summed E-state index contributed by atoms with van der Waals surface area (Å²) in [5, 5.41) is 3.46. The van der Waals surface area contributed by atoms with Crippen LogP contribution in [-0.4, -0.2) is 34.8 Å². The lowest BCUT2D eigenvalue weighted by molar-refractivity contribution is -0.116. The van der Waals surface area contributed by atoms with Gasteiger partial charge in [0.15, 0.2) is 5.13 Å². The van der Waals surface area contributed by atoms with Gasteiger partial charge in [-0.2, -0.15) is 0 Å². The van der Waals surface area contributed by atoms with Crippen molar-refractivity contribution in [3.8, 4) is 11.3 Å². The number of aromatic nitrogens is 1.